The van der Waals surface area contributed by atoms with Crippen LogP contribution in [0.5, 0.6) is 0 Å². The van der Waals surface area contributed by atoms with Crippen LogP contribution in [0.15, 0.2) is 0 Å². The number of nitrogen functional groups attached to an aromatic ring is 1. The van der Waals surface area contributed by atoms with E-state index in [1.54, 1.807) is 13.8 Å². The highest BCUT2D eigenvalue weighted by Crippen LogP contribution is 2.23. The van der Waals surface area contributed by atoms with Gasteiger partial charge in [-0.2, -0.15) is 0 Å². The number of anilines is 1. The zero-order valence-electron chi connectivity index (χ0n) is 10.7. The summed E-state index contributed by atoms with van der Waals surface area (Å²) in [5.74, 6) is -0.963. The normalized spacial score (nSPS) is 10.9. The first-order valence-corrected chi connectivity index (χ1v) is 5.48. The molecule has 5 heteroatoms. The lowest BCUT2D eigenvalue weighted by molar-refractivity contribution is 0.0694. The Kier molecular flexibility index (Phi) is 4.07. The van der Waals surface area contributed by atoms with E-state index in [1.807, 2.05) is 19.0 Å². The Labute approximate surface area is 101 Å². The molecule has 1 heterocycles. The van der Waals surface area contributed by atoms with Gasteiger partial charge in [-0.1, -0.05) is 0 Å². The van der Waals surface area contributed by atoms with Crippen molar-refractivity contribution in [3.63, 3.8) is 0 Å². The fourth-order valence-electron chi connectivity index (χ4n) is 1.82. The summed E-state index contributed by atoms with van der Waals surface area (Å²) in [6.45, 7) is 4.26. The first kappa shape index (κ1) is 13.4. The van der Waals surface area contributed by atoms with Gasteiger partial charge in [-0.3, -0.25) is 4.98 Å². The van der Waals surface area contributed by atoms with E-state index in [0.29, 0.717) is 29.1 Å². The second-order valence-electron chi connectivity index (χ2n) is 4.41. The molecule has 0 aliphatic carbocycles. The SMILES string of the molecule is Cc1nc(C)c(C(=O)O)c(CCN(C)C)c1N. The third-order valence-electron chi connectivity index (χ3n) is 2.74. The van der Waals surface area contributed by atoms with Crippen LogP contribution in [0.3, 0.4) is 0 Å². The van der Waals surface area contributed by atoms with E-state index in [1.165, 1.54) is 0 Å². The number of rotatable bonds is 4. The highest BCUT2D eigenvalue weighted by atomic mass is 16.4. The molecule has 1 aromatic heterocycles. The van der Waals surface area contributed by atoms with Gasteiger partial charge in [-0.15, -0.1) is 0 Å². The number of hydrogen-bond acceptors (Lipinski definition) is 4. The number of nitrogens with two attached hydrogens (primary N) is 1. The van der Waals surface area contributed by atoms with Crippen LogP contribution in [0.25, 0.3) is 0 Å². The molecule has 0 saturated heterocycles. The van der Waals surface area contributed by atoms with Gasteiger partial charge in [0.15, 0.2) is 0 Å². The van der Waals surface area contributed by atoms with Gasteiger partial charge in [0.1, 0.15) is 0 Å². The summed E-state index contributed by atoms with van der Waals surface area (Å²) in [7, 11) is 3.88. The number of likely N-dealkylation sites (N-methyl/N-ethyl adjacent to an activating group) is 1. The molecule has 0 aromatic carbocycles. The number of aromatic nitrogens is 1. The third kappa shape index (κ3) is 2.94. The highest BCUT2D eigenvalue weighted by Gasteiger charge is 2.19. The van der Waals surface area contributed by atoms with Crippen LogP contribution in [-0.2, 0) is 6.42 Å². The van der Waals surface area contributed by atoms with Crippen molar-refractivity contribution in [1.29, 1.82) is 0 Å². The standard InChI is InChI=1S/C12H19N3O2/c1-7-10(12(16)17)9(5-6-15(3)4)11(13)8(2)14-7/h5-6,13H2,1-4H3,(H,16,17). The third-order valence-corrected chi connectivity index (χ3v) is 2.74. The Bertz CT molecular complexity index is 442. The summed E-state index contributed by atoms with van der Waals surface area (Å²) in [4.78, 5) is 17.4. The number of aryl methyl sites for hydroxylation is 2. The quantitative estimate of drug-likeness (QED) is 0.819. The second kappa shape index (κ2) is 5.14. The number of aromatic carboxylic acids is 1. The zero-order valence-corrected chi connectivity index (χ0v) is 10.7. The van der Waals surface area contributed by atoms with E-state index in [9.17, 15) is 9.90 Å². The maximum atomic E-state index is 11.2. The van der Waals surface area contributed by atoms with E-state index in [0.717, 1.165) is 6.54 Å². The lowest BCUT2D eigenvalue weighted by Gasteiger charge is -2.16. The van der Waals surface area contributed by atoms with Crippen molar-refractivity contribution in [3.8, 4) is 0 Å². The molecular formula is C12H19N3O2. The molecular weight excluding hydrogens is 218 g/mol. The number of nitrogens with zero attached hydrogens (tertiary/aromatic N) is 2. The molecule has 0 spiro atoms. The molecule has 94 valence electrons. The molecule has 0 atom stereocenters. The fraction of sp³-hybridized carbons (Fsp3) is 0.500. The minimum atomic E-state index is -0.963. The summed E-state index contributed by atoms with van der Waals surface area (Å²) >= 11 is 0. The molecule has 0 radical (unpaired) electrons. The highest BCUT2D eigenvalue weighted by molar-refractivity contribution is 5.92. The Morgan fingerprint density at radius 3 is 2.41 bits per heavy atom. The van der Waals surface area contributed by atoms with Gasteiger partial charge in [0.2, 0.25) is 0 Å². The average molecular weight is 237 g/mol. The Balaban J connectivity index is 3.27. The summed E-state index contributed by atoms with van der Waals surface area (Å²) in [5.41, 5.74) is 8.58. The van der Waals surface area contributed by atoms with E-state index >= 15 is 0 Å². The largest absolute Gasteiger partial charge is 0.478 e. The number of pyridine rings is 1. The molecule has 1 aromatic rings. The lowest BCUT2D eigenvalue weighted by Crippen LogP contribution is -2.19. The molecule has 0 fully saturated rings. The topological polar surface area (TPSA) is 79.5 Å². The van der Waals surface area contributed by atoms with Crippen molar-refractivity contribution in [2.24, 2.45) is 0 Å². The molecule has 0 aliphatic rings. The number of carboxylic acid groups (broad SMARTS) is 1. The van der Waals surface area contributed by atoms with E-state index < -0.39 is 5.97 Å². The van der Waals surface area contributed by atoms with Crippen LogP contribution in [0.4, 0.5) is 5.69 Å². The number of carboxylic acids is 1. The Hall–Kier alpha value is -1.62. The van der Waals surface area contributed by atoms with Crippen LogP contribution in [-0.4, -0.2) is 41.6 Å². The van der Waals surface area contributed by atoms with Gasteiger partial charge in [0, 0.05) is 6.54 Å². The number of carbonyl (C=O) groups is 1. The minimum absolute atomic E-state index is 0.245. The van der Waals surface area contributed by atoms with Crippen molar-refractivity contribution in [3.05, 3.63) is 22.5 Å². The number of hydrogen-bond donors (Lipinski definition) is 2. The van der Waals surface area contributed by atoms with Crippen molar-refractivity contribution in [2.45, 2.75) is 20.3 Å². The molecule has 5 nitrogen and oxygen atoms in total. The molecule has 0 amide bonds. The molecule has 0 aliphatic heterocycles. The van der Waals surface area contributed by atoms with E-state index in [4.69, 9.17) is 5.73 Å². The first-order valence-electron chi connectivity index (χ1n) is 5.48. The molecule has 3 N–H and O–H groups in total. The zero-order chi connectivity index (χ0) is 13.2. The molecule has 0 saturated carbocycles. The first-order chi connectivity index (χ1) is 7.84. The monoisotopic (exact) mass is 237 g/mol. The van der Waals surface area contributed by atoms with Crippen LogP contribution in [0.2, 0.25) is 0 Å². The Morgan fingerprint density at radius 2 is 1.94 bits per heavy atom. The second-order valence-corrected chi connectivity index (χ2v) is 4.41. The maximum Gasteiger partial charge on any atom is 0.337 e. The summed E-state index contributed by atoms with van der Waals surface area (Å²) in [6, 6.07) is 0. The maximum absolute atomic E-state index is 11.2. The predicted octanol–water partition coefficient (Wildman–Crippen LogP) is 1.08. The lowest BCUT2D eigenvalue weighted by atomic mass is 10.00. The smallest absolute Gasteiger partial charge is 0.337 e. The average Bonchev–Trinajstić information content (AvgIpc) is 2.20. The molecule has 1 rings (SSSR count). The fourth-order valence-corrected chi connectivity index (χ4v) is 1.82. The van der Waals surface area contributed by atoms with Crippen molar-refractivity contribution in [1.82, 2.24) is 9.88 Å². The summed E-state index contributed by atoms with van der Waals surface area (Å²) in [5, 5.41) is 9.22. The van der Waals surface area contributed by atoms with Gasteiger partial charge < -0.3 is 15.7 Å². The van der Waals surface area contributed by atoms with Crippen molar-refractivity contribution in [2.75, 3.05) is 26.4 Å². The van der Waals surface area contributed by atoms with Gasteiger partial charge in [0.25, 0.3) is 0 Å². The van der Waals surface area contributed by atoms with Gasteiger partial charge in [0.05, 0.1) is 22.6 Å². The minimum Gasteiger partial charge on any atom is -0.478 e. The van der Waals surface area contributed by atoms with Crippen LogP contribution >= 0.6 is 0 Å². The predicted molar refractivity (Wildman–Crippen MR) is 67.3 cm³/mol. The summed E-state index contributed by atoms with van der Waals surface area (Å²) < 4.78 is 0. The van der Waals surface area contributed by atoms with Gasteiger partial charge in [-0.05, 0) is 39.9 Å². The summed E-state index contributed by atoms with van der Waals surface area (Å²) in [6.07, 6.45) is 0.616. The van der Waals surface area contributed by atoms with E-state index in [-0.39, 0.29) is 5.56 Å². The van der Waals surface area contributed by atoms with Crippen molar-refractivity contribution >= 4 is 11.7 Å². The molecule has 0 bridgehead atoms. The van der Waals surface area contributed by atoms with Crippen molar-refractivity contribution < 1.29 is 9.90 Å². The van der Waals surface area contributed by atoms with E-state index in [2.05, 4.69) is 4.98 Å². The van der Waals surface area contributed by atoms with Crippen LogP contribution in [0, 0.1) is 13.8 Å². The van der Waals surface area contributed by atoms with Gasteiger partial charge >= 0.3 is 5.97 Å². The molecule has 0 unspecified atom stereocenters. The Morgan fingerprint density at radius 1 is 1.35 bits per heavy atom. The van der Waals surface area contributed by atoms with Crippen LogP contribution in [0.1, 0.15) is 27.3 Å². The molecule has 17 heavy (non-hydrogen) atoms. The van der Waals surface area contributed by atoms with Crippen LogP contribution < -0.4 is 5.73 Å². The van der Waals surface area contributed by atoms with Gasteiger partial charge in [-0.25, -0.2) is 4.79 Å².